The van der Waals surface area contributed by atoms with Crippen LogP contribution >= 0.6 is 0 Å². The summed E-state index contributed by atoms with van der Waals surface area (Å²) in [6.45, 7) is 2.87. The van der Waals surface area contributed by atoms with Gasteiger partial charge in [0.1, 0.15) is 11.6 Å². The summed E-state index contributed by atoms with van der Waals surface area (Å²) in [4.78, 5) is 24.2. The molecule has 0 bridgehead atoms. The molecule has 0 unspecified atom stereocenters. The largest absolute Gasteiger partial charge is 0.478 e. The Morgan fingerprint density at radius 1 is 0.784 bits per heavy atom. The minimum absolute atomic E-state index is 0.0176. The lowest BCUT2D eigenvalue weighted by atomic mass is 9.84. The second-order valence-electron chi connectivity index (χ2n) is 13.2. The van der Waals surface area contributed by atoms with Gasteiger partial charge in [-0.15, -0.1) is 0 Å². The molecule has 4 aromatic rings. The second kappa shape index (κ2) is 14.1. The zero-order valence-electron chi connectivity index (χ0n) is 27.4. The van der Waals surface area contributed by atoms with E-state index < -0.39 is 104 Å². The van der Waals surface area contributed by atoms with Crippen LogP contribution in [0, 0.1) is 40.7 Å². The quantitative estimate of drug-likeness (QED) is 0.0959. The third-order valence-electron chi connectivity index (χ3n) is 8.44. The molecule has 51 heavy (non-hydrogen) atoms. The van der Waals surface area contributed by atoms with Crippen LogP contribution in [0.15, 0.2) is 65.6 Å². The third kappa shape index (κ3) is 7.78. The van der Waals surface area contributed by atoms with Crippen LogP contribution in [0.1, 0.15) is 72.1 Å². The highest BCUT2D eigenvalue weighted by Crippen LogP contribution is 2.42. The van der Waals surface area contributed by atoms with Crippen LogP contribution < -0.4 is 4.90 Å². The van der Waals surface area contributed by atoms with Crippen molar-refractivity contribution >= 4 is 27.6 Å². The number of hydrogen-bond acceptors (Lipinski definition) is 4. The topological polar surface area (TPSA) is 95.0 Å². The molecule has 0 saturated heterocycles. The van der Waals surface area contributed by atoms with Gasteiger partial charge in [0, 0.05) is 12.1 Å². The van der Waals surface area contributed by atoms with E-state index in [9.17, 15) is 49.5 Å². The van der Waals surface area contributed by atoms with Gasteiger partial charge in [-0.3, -0.25) is 4.79 Å². The Hall–Kier alpha value is -4.76. The zero-order chi connectivity index (χ0) is 37.6. The molecule has 5 rings (SSSR count). The van der Waals surface area contributed by atoms with Crippen LogP contribution in [0.4, 0.5) is 36.4 Å². The van der Waals surface area contributed by atoms with Gasteiger partial charge in [0.25, 0.3) is 0 Å². The lowest BCUT2D eigenvalue weighted by molar-refractivity contribution is -0.119. The van der Waals surface area contributed by atoms with Crippen molar-refractivity contribution in [3.8, 4) is 0 Å². The summed E-state index contributed by atoms with van der Waals surface area (Å²) < 4.78 is 130. The van der Waals surface area contributed by atoms with E-state index in [1.807, 2.05) is 26.8 Å². The van der Waals surface area contributed by atoms with Crippen LogP contribution in [-0.2, 0) is 33.3 Å². The maximum atomic E-state index is 15.6. The van der Waals surface area contributed by atoms with Crippen LogP contribution in [0.2, 0.25) is 0 Å². The highest BCUT2D eigenvalue weighted by molar-refractivity contribution is 7.89. The van der Waals surface area contributed by atoms with Crippen molar-refractivity contribution in [2.24, 2.45) is 0 Å². The SMILES string of the molecule is CC(C)(C)c1cc(CN(C(=O)CN(Cc2ccccc2F)S(=O)(=O)c2c(F)c(F)c(F)c(F)c2F)c2ccc(C(=O)O)cc2F)cc(C2CC2)c1. The summed E-state index contributed by atoms with van der Waals surface area (Å²) in [6, 6.07) is 12.6. The molecule has 4 aromatic carbocycles. The number of nitrogens with zero attached hydrogens (tertiary/aromatic N) is 2. The Labute approximate surface area is 289 Å². The van der Waals surface area contributed by atoms with Crippen molar-refractivity contribution in [3.05, 3.63) is 129 Å². The number of rotatable bonds is 11. The smallest absolute Gasteiger partial charge is 0.335 e. The first-order chi connectivity index (χ1) is 23.8. The Bertz CT molecular complexity index is 2120. The summed E-state index contributed by atoms with van der Waals surface area (Å²) >= 11 is 0. The minimum atomic E-state index is -5.84. The number of sulfonamides is 1. The molecular formula is C36H31F7N2O5S. The van der Waals surface area contributed by atoms with Crippen LogP contribution in [0.3, 0.4) is 0 Å². The number of halogens is 7. The van der Waals surface area contributed by atoms with Gasteiger partial charge in [-0.05, 0) is 65.1 Å². The Morgan fingerprint density at radius 3 is 1.94 bits per heavy atom. The van der Waals surface area contributed by atoms with E-state index >= 15 is 4.39 Å². The predicted octanol–water partition coefficient (Wildman–Crippen LogP) is 7.96. The van der Waals surface area contributed by atoms with Gasteiger partial charge in [0.2, 0.25) is 21.7 Å². The van der Waals surface area contributed by atoms with Crippen molar-refractivity contribution in [2.45, 2.75) is 62.9 Å². The number of carbonyl (C=O) groups excluding carboxylic acids is 1. The molecule has 7 nitrogen and oxygen atoms in total. The molecule has 1 aliphatic carbocycles. The standard InChI is InChI=1S/C36H31F7N2O5S/c1-36(2,3)24-13-19(12-23(14-24)20-8-9-20)16-45(27-11-10-21(35(47)48)15-26(27)38)28(46)18-44(17-22-6-4-5-7-25(22)37)51(49,50)34-32(42)30(40)29(39)31(41)33(34)43/h4-7,10-15,20H,8-9,16-18H2,1-3H3,(H,47,48). The normalized spacial score (nSPS) is 13.5. The van der Waals surface area contributed by atoms with Gasteiger partial charge in [-0.2, -0.15) is 4.31 Å². The predicted molar refractivity (Wildman–Crippen MR) is 172 cm³/mol. The average Bonchev–Trinajstić information content (AvgIpc) is 3.91. The van der Waals surface area contributed by atoms with Gasteiger partial charge in [0.05, 0.1) is 24.3 Å². The number of carbonyl (C=O) groups is 2. The first-order valence-corrected chi connectivity index (χ1v) is 17.0. The number of carboxylic acid groups (broad SMARTS) is 1. The molecule has 0 aliphatic heterocycles. The number of anilines is 1. The molecule has 1 saturated carbocycles. The van der Waals surface area contributed by atoms with E-state index in [1.165, 1.54) is 12.1 Å². The molecule has 1 aliphatic rings. The molecule has 0 spiro atoms. The van der Waals surface area contributed by atoms with Crippen molar-refractivity contribution < 1.29 is 53.8 Å². The van der Waals surface area contributed by atoms with E-state index in [2.05, 4.69) is 0 Å². The molecule has 0 radical (unpaired) electrons. The number of hydrogen-bond donors (Lipinski definition) is 1. The summed E-state index contributed by atoms with van der Waals surface area (Å²) in [7, 11) is -5.84. The summed E-state index contributed by atoms with van der Waals surface area (Å²) in [5, 5.41) is 9.37. The Morgan fingerprint density at radius 2 is 1.39 bits per heavy atom. The van der Waals surface area contributed by atoms with E-state index in [0.29, 0.717) is 11.6 Å². The summed E-state index contributed by atoms with van der Waals surface area (Å²) in [5.41, 5.74) is 0.424. The molecule has 15 heteroatoms. The average molecular weight is 737 g/mol. The Balaban J connectivity index is 1.65. The van der Waals surface area contributed by atoms with E-state index in [-0.39, 0.29) is 15.6 Å². The maximum absolute atomic E-state index is 15.6. The number of amides is 1. The zero-order valence-corrected chi connectivity index (χ0v) is 28.2. The van der Waals surface area contributed by atoms with Crippen LogP contribution in [0.25, 0.3) is 0 Å². The molecule has 1 amide bonds. The molecule has 1 fully saturated rings. The minimum Gasteiger partial charge on any atom is -0.478 e. The van der Waals surface area contributed by atoms with Crippen molar-refractivity contribution in [3.63, 3.8) is 0 Å². The first kappa shape index (κ1) is 37.5. The molecule has 270 valence electrons. The fraction of sp³-hybridized carbons (Fsp3) is 0.278. The van der Waals surface area contributed by atoms with E-state index in [1.54, 1.807) is 12.1 Å². The molecule has 1 N–H and O–H groups in total. The van der Waals surface area contributed by atoms with Crippen molar-refractivity contribution in [1.29, 1.82) is 0 Å². The maximum Gasteiger partial charge on any atom is 0.335 e. The molecule has 0 atom stereocenters. The van der Waals surface area contributed by atoms with Gasteiger partial charge >= 0.3 is 5.97 Å². The monoisotopic (exact) mass is 736 g/mol. The first-order valence-electron chi connectivity index (χ1n) is 15.5. The lowest BCUT2D eigenvalue weighted by Crippen LogP contribution is -2.43. The van der Waals surface area contributed by atoms with E-state index in [4.69, 9.17) is 0 Å². The van der Waals surface area contributed by atoms with Gasteiger partial charge in [-0.25, -0.2) is 43.9 Å². The second-order valence-corrected chi connectivity index (χ2v) is 15.1. The van der Waals surface area contributed by atoms with E-state index in [0.717, 1.165) is 53.1 Å². The van der Waals surface area contributed by atoms with Crippen LogP contribution in [0.5, 0.6) is 0 Å². The van der Waals surface area contributed by atoms with Gasteiger partial charge in [-0.1, -0.05) is 57.2 Å². The fourth-order valence-electron chi connectivity index (χ4n) is 5.46. The molecular weight excluding hydrogens is 705 g/mol. The molecule has 0 aromatic heterocycles. The number of carboxylic acids is 1. The highest BCUT2D eigenvalue weighted by Gasteiger charge is 2.39. The fourth-order valence-corrected chi connectivity index (χ4v) is 6.94. The van der Waals surface area contributed by atoms with Crippen molar-refractivity contribution in [2.75, 3.05) is 11.4 Å². The number of aromatic carboxylic acids is 1. The van der Waals surface area contributed by atoms with Crippen molar-refractivity contribution in [1.82, 2.24) is 4.31 Å². The van der Waals surface area contributed by atoms with Crippen LogP contribution in [-0.4, -0.2) is 36.3 Å². The van der Waals surface area contributed by atoms with Gasteiger partial charge in [0.15, 0.2) is 28.2 Å². The summed E-state index contributed by atoms with van der Waals surface area (Å²) in [6.07, 6.45) is 1.81. The Kier molecular flexibility index (Phi) is 10.4. The highest BCUT2D eigenvalue weighted by atomic mass is 32.2. The summed E-state index contributed by atoms with van der Waals surface area (Å²) in [5.74, 6) is -18.0. The number of benzene rings is 4. The lowest BCUT2D eigenvalue weighted by Gasteiger charge is -2.29. The third-order valence-corrected chi connectivity index (χ3v) is 10.3. The molecule has 0 heterocycles. The van der Waals surface area contributed by atoms with Gasteiger partial charge < -0.3 is 10.0 Å².